The Morgan fingerprint density at radius 3 is 2.35 bits per heavy atom. The molecule has 1 fully saturated rings. The van der Waals surface area contributed by atoms with E-state index in [-0.39, 0.29) is 23.9 Å². The largest absolute Gasteiger partial charge is 0.481 e. The number of benzene rings is 2. The molecule has 228 valence electrons. The fourth-order valence-corrected chi connectivity index (χ4v) is 5.15. The van der Waals surface area contributed by atoms with Crippen LogP contribution < -0.4 is 0 Å². The van der Waals surface area contributed by atoms with Crippen molar-refractivity contribution in [3.8, 4) is 28.5 Å². The van der Waals surface area contributed by atoms with E-state index in [0.29, 0.717) is 41.0 Å². The summed E-state index contributed by atoms with van der Waals surface area (Å²) >= 11 is 0. The average molecular weight is 610 g/mol. The van der Waals surface area contributed by atoms with E-state index < -0.39 is 47.1 Å². The number of piperidine rings is 1. The fourth-order valence-electron chi connectivity index (χ4n) is 5.15. The quantitative estimate of drug-likeness (QED) is 0.239. The number of hydrogen-bond donors (Lipinski definition) is 2. The summed E-state index contributed by atoms with van der Waals surface area (Å²) in [6.07, 6.45) is -7.90. The minimum atomic E-state index is -4.97. The summed E-state index contributed by atoms with van der Waals surface area (Å²) in [5.41, 5.74) is -2.15. The zero-order chi connectivity index (χ0) is 30.9. The molecule has 2 N–H and O–H groups in total. The molecule has 9 nitrogen and oxygen atoms in total. The van der Waals surface area contributed by atoms with Crippen molar-refractivity contribution in [2.45, 2.75) is 37.7 Å². The molecule has 0 radical (unpaired) electrons. The minimum absolute atomic E-state index is 0.0214. The molecule has 1 aliphatic rings. The number of aliphatic hydroxyl groups excluding tert-OH is 1. The lowest BCUT2D eigenvalue weighted by molar-refractivity contribution is -0.142. The standard InChI is InChI=1S/C28H25F6N5O4/c29-27(30,31)19-7-9-20(10-8-19)39-24(28(32,33)34)21(13-35-39)26-36-25(37-43-26)18-5-3-17(4-6-18)22(40)15-38-11-1-2-16(14-38)12-23(41)42/h3-10,13,16,22,40H,1-2,11-12,14-15H2,(H,41,42)/t16-,22-/m1/s1. The van der Waals surface area contributed by atoms with Crippen LogP contribution in [0.2, 0.25) is 0 Å². The van der Waals surface area contributed by atoms with Gasteiger partial charge in [0.05, 0.1) is 29.1 Å². The predicted octanol–water partition coefficient (Wildman–Crippen LogP) is 5.85. The van der Waals surface area contributed by atoms with Crippen LogP contribution in [0.5, 0.6) is 0 Å². The molecule has 2 aromatic heterocycles. The Bertz CT molecular complexity index is 1560. The van der Waals surface area contributed by atoms with Gasteiger partial charge < -0.3 is 19.6 Å². The Morgan fingerprint density at radius 1 is 1.02 bits per heavy atom. The Balaban J connectivity index is 1.33. The molecule has 2 aromatic carbocycles. The SMILES string of the molecule is O=C(O)C[C@H]1CCCN(C[C@@H](O)c2ccc(-c3noc(-c4cnn(-c5ccc(C(F)(F)F)cc5)c4C(F)(F)F)n3)cc2)C1. The molecule has 0 spiro atoms. The lowest BCUT2D eigenvalue weighted by Gasteiger charge is -2.33. The summed E-state index contributed by atoms with van der Waals surface area (Å²) in [7, 11) is 0. The van der Waals surface area contributed by atoms with Gasteiger partial charge in [-0.3, -0.25) is 4.79 Å². The second-order valence-corrected chi connectivity index (χ2v) is 10.3. The lowest BCUT2D eigenvalue weighted by atomic mass is 9.94. The topological polar surface area (TPSA) is 118 Å². The smallest absolute Gasteiger partial charge is 0.434 e. The van der Waals surface area contributed by atoms with Crippen molar-refractivity contribution in [3.63, 3.8) is 0 Å². The van der Waals surface area contributed by atoms with E-state index in [0.717, 1.165) is 37.7 Å². The van der Waals surface area contributed by atoms with Crippen LogP contribution in [0.4, 0.5) is 26.3 Å². The maximum absolute atomic E-state index is 14.1. The van der Waals surface area contributed by atoms with Gasteiger partial charge in [-0.2, -0.15) is 36.4 Å². The number of carboxylic acid groups (broad SMARTS) is 1. The van der Waals surface area contributed by atoms with Gasteiger partial charge in [0.15, 0.2) is 5.69 Å². The van der Waals surface area contributed by atoms with Crippen LogP contribution in [0.25, 0.3) is 28.5 Å². The van der Waals surface area contributed by atoms with Gasteiger partial charge in [-0.15, -0.1) is 0 Å². The molecule has 1 saturated heterocycles. The van der Waals surface area contributed by atoms with E-state index in [4.69, 9.17) is 9.63 Å². The first kappa shape index (κ1) is 30.2. The zero-order valence-electron chi connectivity index (χ0n) is 22.3. The number of carboxylic acids is 1. The number of hydrogen-bond acceptors (Lipinski definition) is 7. The normalized spacial score (nSPS) is 17.2. The van der Waals surface area contributed by atoms with Crippen LogP contribution >= 0.6 is 0 Å². The molecule has 0 aliphatic carbocycles. The summed E-state index contributed by atoms with van der Waals surface area (Å²) in [4.78, 5) is 17.1. The number of β-amino-alcohol motifs (C(OH)–C–C–N with tert-alkyl or cyclic N) is 1. The molecule has 4 aromatic rings. The number of carbonyl (C=O) groups is 1. The van der Waals surface area contributed by atoms with Crippen LogP contribution in [-0.2, 0) is 17.1 Å². The molecular weight excluding hydrogens is 584 g/mol. The highest BCUT2D eigenvalue weighted by molar-refractivity contribution is 5.67. The van der Waals surface area contributed by atoms with Gasteiger partial charge in [-0.25, -0.2) is 4.68 Å². The maximum Gasteiger partial charge on any atom is 0.434 e. The van der Waals surface area contributed by atoms with Crippen molar-refractivity contribution >= 4 is 5.97 Å². The number of likely N-dealkylation sites (tertiary alicyclic amines) is 1. The first-order chi connectivity index (χ1) is 20.3. The summed E-state index contributed by atoms with van der Waals surface area (Å²) < 4.78 is 86.6. The van der Waals surface area contributed by atoms with E-state index >= 15 is 0 Å². The van der Waals surface area contributed by atoms with E-state index in [1.807, 2.05) is 4.90 Å². The van der Waals surface area contributed by atoms with Crippen molar-refractivity contribution in [3.05, 3.63) is 71.5 Å². The van der Waals surface area contributed by atoms with Gasteiger partial charge in [0.2, 0.25) is 5.82 Å². The summed E-state index contributed by atoms with van der Waals surface area (Å²) in [5.74, 6) is -1.35. The van der Waals surface area contributed by atoms with Crippen molar-refractivity contribution < 1.29 is 45.9 Å². The monoisotopic (exact) mass is 609 g/mol. The van der Waals surface area contributed by atoms with E-state index in [1.165, 1.54) is 0 Å². The van der Waals surface area contributed by atoms with Gasteiger partial charge in [0.25, 0.3) is 5.89 Å². The fraction of sp³-hybridized carbons (Fsp3) is 0.357. The Kier molecular flexibility index (Phi) is 8.29. The van der Waals surface area contributed by atoms with Gasteiger partial charge in [-0.1, -0.05) is 29.4 Å². The number of rotatable bonds is 8. The number of alkyl halides is 6. The number of aliphatic carboxylic acids is 1. The Labute approximate surface area is 240 Å². The van der Waals surface area contributed by atoms with Crippen LogP contribution in [-0.4, -0.2) is 60.6 Å². The molecule has 1 aliphatic heterocycles. The summed E-state index contributed by atoms with van der Waals surface area (Å²) in [6, 6.07) is 9.47. The molecule has 3 heterocycles. The summed E-state index contributed by atoms with van der Waals surface area (Å²) in [6.45, 7) is 1.62. The molecule has 0 bridgehead atoms. The first-order valence-electron chi connectivity index (χ1n) is 13.2. The van der Waals surface area contributed by atoms with E-state index in [1.54, 1.807) is 24.3 Å². The number of aromatic nitrogens is 4. The number of nitrogens with zero attached hydrogens (tertiary/aromatic N) is 5. The molecule has 15 heteroatoms. The predicted molar refractivity (Wildman–Crippen MR) is 139 cm³/mol. The van der Waals surface area contributed by atoms with E-state index in [2.05, 4.69) is 15.2 Å². The second kappa shape index (κ2) is 11.8. The Morgan fingerprint density at radius 2 is 1.72 bits per heavy atom. The van der Waals surface area contributed by atoms with Crippen molar-refractivity contribution in [2.24, 2.45) is 5.92 Å². The third-order valence-corrected chi connectivity index (χ3v) is 7.18. The van der Waals surface area contributed by atoms with E-state index in [9.17, 15) is 36.2 Å². The number of aliphatic hydroxyl groups is 1. The lowest BCUT2D eigenvalue weighted by Crippen LogP contribution is -2.38. The van der Waals surface area contributed by atoms with Crippen LogP contribution in [0.15, 0.2) is 59.3 Å². The number of halogens is 6. The third kappa shape index (κ3) is 6.88. The molecule has 0 amide bonds. The van der Waals surface area contributed by atoms with Crippen molar-refractivity contribution in [1.29, 1.82) is 0 Å². The van der Waals surface area contributed by atoms with Crippen molar-refractivity contribution in [1.82, 2.24) is 24.8 Å². The van der Waals surface area contributed by atoms with Gasteiger partial charge in [0, 0.05) is 25.1 Å². The maximum atomic E-state index is 14.1. The molecule has 0 saturated carbocycles. The third-order valence-electron chi connectivity index (χ3n) is 7.18. The zero-order valence-corrected chi connectivity index (χ0v) is 22.3. The van der Waals surface area contributed by atoms with Gasteiger partial charge >= 0.3 is 18.3 Å². The molecule has 0 unspecified atom stereocenters. The summed E-state index contributed by atoms with van der Waals surface area (Å²) in [5, 5.41) is 27.3. The van der Waals surface area contributed by atoms with Crippen LogP contribution in [0.3, 0.4) is 0 Å². The highest BCUT2D eigenvalue weighted by Gasteiger charge is 2.41. The first-order valence-corrected chi connectivity index (χ1v) is 13.2. The Hall–Kier alpha value is -4.24. The highest BCUT2D eigenvalue weighted by atomic mass is 19.4. The molecule has 43 heavy (non-hydrogen) atoms. The van der Waals surface area contributed by atoms with Gasteiger partial charge in [0.1, 0.15) is 0 Å². The van der Waals surface area contributed by atoms with Crippen LogP contribution in [0, 0.1) is 5.92 Å². The second-order valence-electron chi connectivity index (χ2n) is 10.3. The molecule has 5 rings (SSSR count). The minimum Gasteiger partial charge on any atom is -0.481 e. The molecular formula is C28H25F6N5O4. The van der Waals surface area contributed by atoms with Crippen molar-refractivity contribution in [2.75, 3.05) is 19.6 Å². The molecule has 2 atom stereocenters. The van der Waals surface area contributed by atoms with Gasteiger partial charge in [-0.05, 0) is 55.1 Å². The van der Waals surface area contributed by atoms with Crippen LogP contribution in [0.1, 0.15) is 42.2 Å². The average Bonchev–Trinajstić information content (AvgIpc) is 3.61. The highest BCUT2D eigenvalue weighted by Crippen LogP contribution is 2.39.